The SMILES string of the molecule is CC1(C)C[C@@H](NC(=O)Nc2ccnn2Cc2ccccn2)C(C)(C)O1. The van der Waals surface area contributed by atoms with Crippen molar-refractivity contribution in [1.82, 2.24) is 20.1 Å². The van der Waals surface area contributed by atoms with E-state index in [0.29, 0.717) is 12.4 Å². The standard InChI is InChI=1S/C18H25N5O2/c1-17(2)11-14(18(3,4)25-17)21-16(24)22-15-8-10-20-23(15)12-13-7-5-6-9-19-13/h5-10,14H,11-12H2,1-4H3,(H2,21,22,24)/t14-/m1/s1. The van der Waals surface area contributed by atoms with Crippen LogP contribution in [0.1, 0.15) is 39.8 Å². The number of carbonyl (C=O) groups is 1. The van der Waals surface area contributed by atoms with Crippen molar-refractivity contribution in [3.63, 3.8) is 0 Å². The molecule has 2 N–H and O–H groups in total. The zero-order valence-corrected chi connectivity index (χ0v) is 15.1. The summed E-state index contributed by atoms with van der Waals surface area (Å²) in [5.74, 6) is 0.624. The molecule has 1 saturated heterocycles. The first kappa shape index (κ1) is 17.4. The van der Waals surface area contributed by atoms with Gasteiger partial charge in [-0.15, -0.1) is 0 Å². The Hall–Kier alpha value is -2.41. The molecule has 1 aliphatic rings. The summed E-state index contributed by atoms with van der Waals surface area (Å²) in [7, 11) is 0. The summed E-state index contributed by atoms with van der Waals surface area (Å²) in [6, 6.07) is 7.16. The van der Waals surface area contributed by atoms with Gasteiger partial charge in [0, 0.05) is 12.3 Å². The van der Waals surface area contributed by atoms with Gasteiger partial charge in [-0.2, -0.15) is 5.10 Å². The number of amides is 2. The van der Waals surface area contributed by atoms with Crippen molar-refractivity contribution in [2.75, 3.05) is 5.32 Å². The van der Waals surface area contributed by atoms with Crippen molar-refractivity contribution in [3.8, 4) is 0 Å². The summed E-state index contributed by atoms with van der Waals surface area (Å²) in [5, 5.41) is 10.1. The molecule has 0 aliphatic carbocycles. The molecular formula is C18H25N5O2. The van der Waals surface area contributed by atoms with E-state index >= 15 is 0 Å². The first-order chi connectivity index (χ1) is 11.8. The predicted octanol–water partition coefficient (Wildman–Crippen LogP) is 2.79. The summed E-state index contributed by atoms with van der Waals surface area (Å²) in [6.07, 6.45) is 4.16. The molecule has 1 aliphatic heterocycles. The minimum atomic E-state index is -0.408. The molecule has 0 bridgehead atoms. The molecule has 7 heteroatoms. The average molecular weight is 343 g/mol. The fourth-order valence-corrected chi connectivity index (χ4v) is 3.31. The number of carbonyl (C=O) groups excluding carboxylic acids is 1. The molecule has 0 unspecified atom stereocenters. The van der Waals surface area contributed by atoms with Crippen LogP contribution in [0.5, 0.6) is 0 Å². The normalized spacial score (nSPS) is 21.0. The molecule has 0 radical (unpaired) electrons. The number of nitrogens with one attached hydrogen (secondary N) is 2. The van der Waals surface area contributed by atoms with Gasteiger partial charge in [-0.1, -0.05) is 6.07 Å². The van der Waals surface area contributed by atoms with E-state index in [9.17, 15) is 4.79 Å². The van der Waals surface area contributed by atoms with E-state index < -0.39 is 5.60 Å². The fourth-order valence-electron chi connectivity index (χ4n) is 3.31. The molecule has 2 amide bonds. The van der Waals surface area contributed by atoms with Crippen LogP contribution in [0, 0.1) is 0 Å². The Morgan fingerprint density at radius 1 is 1.28 bits per heavy atom. The van der Waals surface area contributed by atoms with E-state index in [1.165, 1.54) is 0 Å². The van der Waals surface area contributed by atoms with Gasteiger partial charge in [0.1, 0.15) is 5.82 Å². The lowest BCUT2D eigenvalue weighted by Crippen LogP contribution is -2.47. The zero-order chi connectivity index (χ0) is 18.1. The molecule has 1 atom stereocenters. The number of nitrogens with zero attached hydrogens (tertiary/aromatic N) is 3. The molecular weight excluding hydrogens is 318 g/mol. The first-order valence-corrected chi connectivity index (χ1v) is 8.45. The molecule has 1 fully saturated rings. The lowest BCUT2D eigenvalue weighted by atomic mass is 9.95. The summed E-state index contributed by atoms with van der Waals surface area (Å²) < 4.78 is 7.73. The second kappa shape index (κ2) is 6.48. The van der Waals surface area contributed by atoms with Crippen molar-refractivity contribution in [3.05, 3.63) is 42.4 Å². The third-order valence-electron chi connectivity index (χ3n) is 4.38. The van der Waals surface area contributed by atoms with Crippen LogP contribution >= 0.6 is 0 Å². The van der Waals surface area contributed by atoms with Gasteiger partial charge in [0.25, 0.3) is 0 Å². The minimum absolute atomic E-state index is 0.0605. The maximum Gasteiger partial charge on any atom is 0.320 e. The Labute approximate surface area is 147 Å². The monoisotopic (exact) mass is 343 g/mol. The van der Waals surface area contributed by atoms with Gasteiger partial charge in [-0.05, 0) is 46.2 Å². The van der Waals surface area contributed by atoms with Gasteiger partial charge in [0.05, 0.1) is 35.7 Å². The largest absolute Gasteiger partial charge is 0.367 e. The first-order valence-electron chi connectivity index (χ1n) is 8.45. The highest BCUT2D eigenvalue weighted by atomic mass is 16.5. The third-order valence-corrected chi connectivity index (χ3v) is 4.38. The van der Waals surface area contributed by atoms with E-state index in [-0.39, 0.29) is 17.7 Å². The molecule has 3 rings (SSSR count). The molecule has 2 aromatic rings. The van der Waals surface area contributed by atoms with Crippen LogP contribution in [0.4, 0.5) is 10.6 Å². The Morgan fingerprint density at radius 2 is 2.08 bits per heavy atom. The van der Waals surface area contributed by atoms with Crippen LogP contribution in [-0.4, -0.2) is 38.0 Å². The van der Waals surface area contributed by atoms with Gasteiger partial charge in [-0.25, -0.2) is 9.48 Å². The molecule has 2 aromatic heterocycles. The summed E-state index contributed by atoms with van der Waals surface area (Å²) in [6.45, 7) is 8.57. The van der Waals surface area contributed by atoms with Crippen LogP contribution in [0.15, 0.2) is 36.7 Å². The number of ether oxygens (including phenoxy) is 1. The highest BCUT2D eigenvalue weighted by Gasteiger charge is 2.46. The van der Waals surface area contributed by atoms with Crippen molar-refractivity contribution in [2.24, 2.45) is 0 Å². The van der Waals surface area contributed by atoms with Crippen LogP contribution in [0.2, 0.25) is 0 Å². The lowest BCUT2D eigenvalue weighted by Gasteiger charge is -2.27. The van der Waals surface area contributed by atoms with Crippen molar-refractivity contribution in [2.45, 2.75) is 57.9 Å². The number of aromatic nitrogens is 3. The molecule has 0 saturated carbocycles. The van der Waals surface area contributed by atoms with Gasteiger partial charge in [-0.3, -0.25) is 10.3 Å². The third kappa shape index (κ3) is 4.17. The van der Waals surface area contributed by atoms with E-state index in [0.717, 1.165) is 12.1 Å². The smallest absolute Gasteiger partial charge is 0.320 e. The number of hydrogen-bond donors (Lipinski definition) is 2. The van der Waals surface area contributed by atoms with Crippen LogP contribution in [0.25, 0.3) is 0 Å². The Morgan fingerprint density at radius 3 is 2.72 bits per heavy atom. The minimum Gasteiger partial charge on any atom is -0.367 e. The summed E-state index contributed by atoms with van der Waals surface area (Å²) in [5.41, 5.74) is 0.221. The lowest BCUT2D eigenvalue weighted by molar-refractivity contribution is -0.0689. The van der Waals surface area contributed by atoms with Gasteiger partial charge >= 0.3 is 6.03 Å². The van der Waals surface area contributed by atoms with Gasteiger partial charge < -0.3 is 10.1 Å². The molecule has 0 spiro atoms. The fraction of sp³-hybridized carbons (Fsp3) is 0.500. The van der Waals surface area contributed by atoms with Crippen LogP contribution in [-0.2, 0) is 11.3 Å². The summed E-state index contributed by atoms with van der Waals surface area (Å²) >= 11 is 0. The second-order valence-corrected chi connectivity index (χ2v) is 7.52. The van der Waals surface area contributed by atoms with Gasteiger partial charge in [0.15, 0.2) is 0 Å². The number of rotatable bonds is 4. The molecule has 0 aromatic carbocycles. The Balaban J connectivity index is 1.64. The van der Waals surface area contributed by atoms with E-state index in [1.807, 2.05) is 45.9 Å². The van der Waals surface area contributed by atoms with Crippen molar-refractivity contribution < 1.29 is 9.53 Å². The highest BCUT2D eigenvalue weighted by molar-refractivity contribution is 5.88. The highest BCUT2D eigenvalue weighted by Crippen LogP contribution is 2.37. The topological polar surface area (TPSA) is 81.1 Å². The number of hydrogen-bond acceptors (Lipinski definition) is 4. The Kier molecular flexibility index (Phi) is 4.51. The zero-order valence-electron chi connectivity index (χ0n) is 15.1. The molecule has 3 heterocycles. The molecule has 134 valence electrons. The number of anilines is 1. The van der Waals surface area contributed by atoms with Gasteiger partial charge in [0.2, 0.25) is 0 Å². The quantitative estimate of drug-likeness (QED) is 0.894. The molecule has 7 nitrogen and oxygen atoms in total. The number of urea groups is 1. The maximum atomic E-state index is 12.4. The van der Waals surface area contributed by atoms with Crippen molar-refractivity contribution >= 4 is 11.8 Å². The maximum absolute atomic E-state index is 12.4. The van der Waals surface area contributed by atoms with E-state index in [1.54, 1.807) is 23.1 Å². The second-order valence-electron chi connectivity index (χ2n) is 7.52. The summed E-state index contributed by atoms with van der Waals surface area (Å²) in [4.78, 5) is 16.7. The average Bonchev–Trinajstić information content (AvgIpc) is 3.01. The van der Waals surface area contributed by atoms with E-state index in [2.05, 4.69) is 20.7 Å². The Bertz CT molecular complexity index is 739. The van der Waals surface area contributed by atoms with Crippen LogP contribution in [0.3, 0.4) is 0 Å². The van der Waals surface area contributed by atoms with Crippen molar-refractivity contribution in [1.29, 1.82) is 0 Å². The van der Waals surface area contributed by atoms with E-state index in [4.69, 9.17) is 4.74 Å². The number of pyridine rings is 1. The molecule has 25 heavy (non-hydrogen) atoms. The predicted molar refractivity (Wildman–Crippen MR) is 95.4 cm³/mol. The van der Waals surface area contributed by atoms with Crippen LogP contribution < -0.4 is 10.6 Å².